The number of hydrogen-bond acceptors (Lipinski definition) is 2. The van der Waals surface area contributed by atoms with E-state index in [2.05, 4.69) is 0 Å². The molecular weight excluding hydrogens is 150 g/mol. The highest BCUT2D eigenvalue weighted by Crippen LogP contribution is 2.45. The van der Waals surface area contributed by atoms with Crippen molar-refractivity contribution in [2.45, 2.75) is 62.5 Å². The van der Waals surface area contributed by atoms with Crippen molar-refractivity contribution in [1.82, 2.24) is 0 Å². The maximum atomic E-state index is 10.2. The summed E-state index contributed by atoms with van der Waals surface area (Å²) in [6.07, 6.45) is 8.81. The third-order valence-electron chi connectivity index (χ3n) is 3.85. The summed E-state index contributed by atoms with van der Waals surface area (Å²) >= 11 is 0. The van der Waals surface area contributed by atoms with E-state index in [-0.39, 0.29) is 5.54 Å². The summed E-state index contributed by atoms with van der Waals surface area (Å²) in [4.78, 5) is 0. The Balaban J connectivity index is 2.07. The van der Waals surface area contributed by atoms with Crippen molar-refractivity contribution in [1.29, 1.82) is 0 Å². The SMILES string of the molecule is NC1(C2(O)CCC2)CCCCC1. The van der Waals surface area contributed by atoms with Crippen molar-refractivity contribution in [2.24, 2.45) is 5.73 Å². The smallest absolute Gasteiger partial charge is 0.0826 e. The zero-order valence-electron chi connectivity index (χ0n) is 7.68. The summed E-state index contributed by atoms with van der Waals surface area (Å²) < 4.78 is 0. The van der Waals surface area contributed by atoms with Gasteiger partial charge in [-0.1, -0.05) is 19.3 Å². The quantitative estimate of drug-likeness (QED) is 0.625. The molecular formula is C10H19NO. The molecule has 2 heteroatoms. The second kappa shape index (κ2) is 2.71. The molecule has 2 rings (SSSR count). The Morgan fingerprint density at radius 2 is 1.42 bits per heavy atom. The van der Waals surface area contributed by atoms with Crippen molar-refractivity contribution in [3.63, 3.8) is 0 Å². The van der Waals surface area contributed by atoms with Crippen LogP contribution in [0.4, 0.5) is 0 Å². The first-order valence-corrected chi connectivity index (χ1v) is 5.18. The van der Waals surface area contributed by atoms with E-state index in [9.17, 15) is 5.11 Å². The van der Waals surface area contributed by atoms with E-state index in [4.69, 9.17) is 5.73 Å². The van der Waals surface area contributed by atoms with Gasteiger partial charge in [0.05, 0.1) is 5.60 Å². The minimum Gasteiger partial charge on any atom is -0.388 e. The van der Waals surface area contributed by atoms with E-state index < -0.39 is 5.60 Å². The van der Waals surface area contributed by atoms with Crippen LogP contribution in [-0.4, -0.2) is 16.2 Å². The van der Waals surface area contributed by atoms with Crippen LogP contribution in [0.3, 0.4) is 0 Å². The molecule has 2 saturated carbocycles. The minimum atomic E-state index is -0.493. The molecule has 0 amide bonds. The fourth-order valence-electron chi connectivity index (χ4n) is 2.66. The molecule has 2 aliphatic carbocycles. The molecule has 2 aliphatic rings. The first-order valence-electron chi connectivity index (χ1n) is 5.18. The van der Waals surface area contributed by atoms with Gasteiger partial charge in [0.25, 0.3) is 0 Å². The van der Waals surface area contributed by atoms with E-state index in [1.54, 1.807) is 0 Å². The van der Waals surface area contributed by atoms with Crippen LogP contribution in [0.25, 0.3) is 0 Å². The second-order valence-corrected chi connectivity index (χ2v) is 4.60. The molecule has 0 radical (unpaired) electrons. The highest BCUT2D eigenvalue weighted by molar-refractivity contribution is 5.08. The van der Waals surface area contributed by atoms with E-state index in [1.807, 2.05) is 0 Å². The Morgan fingerprint density at radius 1 is 0.833 bits per heavy atom. The van der Waals surface area contributed by atoms with Gasteiger partial charge in [-0.05, 0) is 32.1 Å². The molecule has 3 N–H and O–H groups in total. The standard InChI is InChI=1S/C10H19NO/c11-9(5-2-1-3-6-9)10(12)7-4-8-10/h12H,1-8,11H2. The molecule has 0 aromatic rings. The van der Waals surface area contributed by atoms with Gasteiger partial charge in [0.1, 0.15) is 0 Å². The van der Waals surface area contributed by atoms with Gasteiger partial charge in [-0.25, -0.2) is 0 Å². The maximum Gasteiger partial charge on any atom is 0.0826 e. The molecule has 0 aromatic carbocycles. The van der Waals surface area contributed by atoms with Gasteiger partial charge in [-0.3, -0.25) is 0 Å². The van der Waals surface area contributed by atoms with E-state index in [0.717, 1.165) is 32.1 Å². The average Bonchev–Trinajstić information content (AvgIpc) is 2.01. The Kier molecular flexibility index (Phi) is 1.92. The molecule has 12 heavy (non-hydrogen) atoms. The van der Waals surface area contributed by atoms with Crippen molar-refractivity contribution >= 4 is 0 Å². The van der Waals surface area contributed by atoms with Crippen LogP contribution in [-0.2, 0) is 0 Å². The van der Waals surface area contributed by atoms with Gasteiger partial charge in [0.15, 0.2) is 0 Å². The molecule has 0 unspecified atom stereocenters. The predicted octanol–water partition coefficient (Wildman–Crippen LogP) is 1.56. The number of aliphatic hydroxyl groups is 1. The summed E-state index contributed by atoms with van der Waals surface area (Å²) in [7, 11) is 0. The average molecular weight is 169 g/mol. The van der Waals surface area contributed by atoms with Crippen LogP contribution in [0, 0.1) is 0 Å². The van der Waals surface area contributed by atoms with Gasteiger partial charge in [0, 0.05) is 5.54 Å². The normalized spacial score (nSPS) is 32.5. The molecule has 0 spiro atoms. The van der Waals surface area contributed by atoms with Crippen LogP contribution in [0.5, 0.6) is 0 Å². The number of rotatable bonds is 1. The first-order chi connectivity index (χ1) is 5.66. The highest BCUT2D eigenvalue weighted by atomic mass is 16.3. The predicted molar refractivity (Wildman–Crippen MR) is 48.8 cm³/mol. The summed E-state index contributed by atoms with van der Waals surface area (Å²) in [5.41, 5.74) is 5.52. The van der Waals surface area contributed by atoms with Gasteiger partial charge >= 0.3 is 0 Å². The monoisotopic (exact) mass is 169 g/mol. The largest absolute Gasteiger partial charge is 0.388 e. The van der Waals surface area contributed by atoms with Crippen LogP contribution >= 0.6 is 0 Å². The lowest BCUT2D eigenvalue weighted by Crippen LogP contribution is -2.64. The van der Waals surface area contributed by atoms with Crippen LogP contribution < -0.4 is 5.73 Å². The number of nitrogens with two attached hydrogens (primary N) is 1. The molecule has 2 nitrogen and oxygen atoms in total. The van der Waals surface area contributed by atoms with Crippen molar-refractivity contribution in [2.75, 3.05) is 0 Å². The molecule has 0 bridgehead atoms. The zero-order chi connectivity index (χ0) is 8.66. The van der Waals surface area contributed by atoms with Gasteiger partial charge < -0.3 is 10.8 Å². The van der Waals surface area contributed by atoms with E-state index in [1.165, 1.54) is 19.3 Å². The summed E-state index contributed by atoms with van der Waals surface area (Å²) in [5, 5.41) is 10.2. The van der Waals surface area contributed by atoms with Gasteiger partial charge in [-0.2, -0.15) is 0 Å². The lowest BCUT2D eigenvalue weighted by atomic mass is 9.61. The summed E-state index contributed by atoms with van der Waals surface area (Å²) in [5.74, 6) is 0. The molecule has 0 aliphatic heterocycles. The van der Waals surface area contributed by atoms with Crippen molar-refractivity contribution in [3.8, 4) is 0 Å². The Hall–Kier alpha value is -0.0800. The number of hydrogen-bond donors (Lipinski definition) is 2. The lowest BCUT2D eigenvalue weighted by Gasteiger charge is -2.52. The molecule has 0 heterocycles. The highest BCUT2D eigenvalue weighted by Gasteiger charge is 2.51. The molecule has 0 saturated heterocycles. The molecule has 70 valence electrons. The molecule has 2 fully saturated rings. The fraction of sp³-hybridized carbons (Fsp3) is 1.00. The lowest BCUT2D eigenvalue weighted by molar-refractivity contribution is -0.109. The first kappa shape index (κ1) is 8.52. The Bertz CT molecular complexity index is 169. The Morgan fingerprint density at radius 3 is 1.83 bits per heavy atom. The van der Waals surface area contributed by atoms with Crippen molar-refractivity contribution in [3.05, 3.63) is 0 Å². The van der Waals surface area contributed by atoms with E-state index in [0.29, 0.717) is 0 Å². The Labute approximate surface area is 74.1 Å². The molecule has 0 atom stereocenters. The minimum absolute atomic E-state index is 0.233. The fourth-order valence-corrected chi connectivity index (χ4v) is 2.66. The van der Waals surface area contributed by atoms with Gasteiger partial charge in [0.2, 0.25) is 0 Å². The second-order valence-electron chi connectivity index (χ2n) is 4.60. The van der Waals surface area contributed by atoms with Crippen LogP contribution in [0.2, 0.25) is 0 Å². The third-order valence-corrected chi connectivity index (χ3v) is 3.85. The maximum absolute atomic E-state index is 10.2. The summed E-state index contributed by atoms with van der Waals surface area (Å²) in [6.45, 7) is 0. The summed E-state index contributed by atoms with van der Waals surface area (Å²) in [6, 6.07) is 0. The zero-order valence-corrected chi connectivity index (χ0v) is 7.68. The van der Waals surface area contributed by atoms with E-state index >= 15 is 0 Å². The van der Waals surface area contributed by atoms with Crippen molar-refractivity contribution < 1.29 is 5.11 Å². The van der Waals surface area contributed by atoms with Gasteiger partial charge in [-0.15, -0.1) is 0 Å². The van der Waals surface area contributed by atoms with Crippen LogP contribution in [0.15, 0.2) is 0 Å². The third kappa shape index (κ3) is 1.09. The van der Waals surface area contributed by atoms with Crippen LogP contribution in [0.1, 0.15) is 51.4 Å². The molecule has 0 aromatic heterocycles. The topological polar surface area (TPSA) is 46.2 Å².